The molecule has 0 saturated carbocycles. The second kappa shape index (κ2) is 9.01. The lowest BCUT2D eigenvalue weighted by atomic mass is 10.2. The maximum atomic E-state index is 5.84. The molecular weight excluding hydrogens is 430 g/mol. The first-order valence-electron chi connectivity index (χ1n) is 10.2. The summed E-state index contributed by atoms with van der Waals surface area (Å²) in [5, 5.41) is 4.93. The van der Waals surface area contributed by atoms with Gasteiger partial charge in [-0.05, 0) is 55.8 Å². The van der Waals surface area contributed by atoms with Gasteiger partial charge in [-0.15, -0.1) is 11.3 Å². The van der Waals surface area contributed by atoms with Crippen LogP contribution in [0.4, 0.5) is 0 Å². The van der Waals surface area contributed by atoms with Gasteiger partial charge in [-0.3, -0.25) is 9.47 Å². The summed E-state index contributed by atoms with van der Waals surface area (Å²) in [6.07, 6.45) is 2.52. The molecular formula is C22H23N5S3. The van der Waals surface area contributed by atoms with Crippen molar-refractivity contribution >= 4 is 45.5 Å². The van der Waals surface area contributed by atoms with Crippen molar-refractivity contribution < 1.29 is 0 Å². The predicted octanol–water partition coefficient (Wildman–Crippen LogP) is 5.42. The van der Waals surface area contributed by atoms with E-state index >= 15 is 0 Å². The van der Waals surface area contributed by atoms with Crippen LogP contribution in [0, 0.1) is 4.77 Å². The number of thiazole rings is 1. The topological polar surface area (TPSA) is 38.9 Å². The van der Waals surface area contributed by atoms with Gasteiger partial charge in [0.1, 0.15) is 5.82 Å². The van der Waals surface area contributed by atoms with Crippen molar-refractivity contribution in [1.29, 1.82) is 0 Å². The van der Waals surface area contributed by atoms with Gasteiger partial charge in [-0.2, -0.15) is 5.10 Å². The number of para-hydroxylation sites is 1. The Morgan fingerprint density at radius 1 is 1.00 bits per heavy atom. The van der Waals surface area contributed by atoms with Gasteiger partial charge in [0, 0.05) is 0 Å². The van der Waals surface area contributed by atoms with Crippen LogP contribution >= 0.6 is 35.3 Å². The van der Waals surface area contributed by atoms with E-state index in [0.717, 1.165) is 52.5 Å². The average Bonchev–Trinajstić information content (AvgIpc) is 3.49. The van der Waals surface area contributed by atoms with Crippen LogP contribution in [0.15, 0.2) is 58.9 Å². The highest BCUT2D eigenvalue weighted by Crippen LogP contribution is 2.31. The largest absolute Gasteiger partial charge is 0.299 e. The van der Waals surface area contributed by atoms with Gasteiger partial charge in [-0.1, -0.05) is 54.2 Å². The Morgan fingerprint density at radius 3 is 2.57 bits per heavy atom. The summed E-state index contributed by atoms with van der Waals surface area (Å²) in [4.78, 5) is 7.19. The molecule has 3 heterocycles. The highest BCUT2D eigenvalue weighted by molar-refractivity contribution is 8.00. The summed E-state index contributed by atoms with van der Waals surface area (Å²) >= 11 is 9.32. The van der Waals surface area contributed by atoms with E-state index < -0.39 is 0 Å². The highest BCUT2D eigenvalue weighted by atomic mass is 32.2. The zero-order valence-electron chi connectivity index (χ0n) is 16.6. The monoisotopic (exact) mass is 453 g/mol. The quantitative estimate of drug-likeness (QED) is 0.276. The fourth-order valence-corrected chi connectivity index (χ4v) is 6.04. The van der Waals surface area contributed by atoms with Gasteiger partial charge in [0.05, 0.1) is 29.2 Å². The first kappa shape index (κ1) is 19.9. The molecule has 1 fully saturated rings. The van der Waals surface area contributed by atoms with E-state index in [4.69, 9.17) is 22.3 Å². The summed E-state index contributed by atoms with van der Waals surface area (Å²) in [5.74, 6) is 1.76. The molecule has 5 nitrogen and oxygen atoms in total. The predicted molar refractivity (Wildman–Crippen MR) is 127 cm³/mol. The van der Waals surface area contributed by atoms with Crippen molar-refractivity contribution in [2.45, 2.75) is 36.1 Å². The number of rotatable bonds is 7. The Hall–Kier alpha value is -2.00. The summed E-state index contributed by atoms with van der Waals surface area (Å²) in [6, 6.07) is 18.8. The molecule has 2 aromatic carbocycles. The third-order valence-corrected chi connectivity index (χ3v) is 7.92. The molecule has 1 aliphatic heterocycles. The van der Waals surface area contributed by atoms with Gasteiger partial charge in [-0.25, -0.2) is 9.67 Å². The summed E-state index contributed by atoms with van der Waals surface area (Å²) in [5.41, 5.74) is 2.30. The van der Waals surface area contributed by atoms with Crippen LogP contribution in [0.1, 0.15) is 24.2 Å². The molecule has 0 atom stereocenters. The van der Waals surface area contributed by atoms with Crippen LogP contribution in [0.25, 0.3) is 10.2 Å². The van der Waals surface area contributed by atoms with Crippen molar-refractivity contribution in [1.82, 2.24) is 24.2 Å². The zero-order valence-corrected chi connectivity index (χ0v) is 19.1. The van der Waals surface area contributed by atoms with Crippen LogP contribution in [-0.4, -0.2) is 37.3 Å². The lowest BCUT2D eigenvalue weighted by Gasteiger charge is -2.13. The number of benzene rings is 2. The van der Waals surface area contributed by atoms with Gasteiger partial charge >= 0.3 is 0 Å². The van der Waals surface area contributed by atoms with Crippen LogP contribution in [-0.2, 0) is 19.0 Å². The van der Waals surface area contributed by atoms with E-state index in [0.29, 0.717) is 0 Å². The SMILES string of the molecule is S=c1n(CN2CCCC2)nc(CSc2nc3ccccc3s2)n1Cc1ccccc1. The third kappa shape index (κ3) is 4.37. The van der Waals surface area contributed by atoms with Crippen molar-refractivity contribution in [2.75, 3.05) is 13.1 Å². The minimum atomic E-state index is 0.745. The summed E-state index contributed by atoms with van der Waals surface area (Å²) in [6.45, 7) is 3.78. The Bertz CT molecular complexity index is 1160. The molecule has 30 heavy (non-hydrogen) atoms. The molecule has 0 aliphatic carbocycles. The number of likely N-dealkylation sites (tertiary alicyclic amines) is 1. The average molecular weight is 454 g/mol. The van der Waals surface area contributed by atoms with Crippen molar-refractivity contribution in [2.24, 2.45) is 0 Å². The van der Waals surface area contributed by atoms with E-state index in [1.165, 1.54) is 23.1 Å². The minimum absolute atomic E-state index is 0.745. The first-order valence-corrected chi connectivity index (χ1v) is 12.4. The molecule has 1 saturated heterocycles. The zero-order chi connectivity index (χ0) is 20.3. The summed E-state index contributed by atoms with van der Waals surface area (Å²) in [7, 11) is 0. The molecule has 0 N–H and O–H groups in total. The standard InChI is InChI=1S/C22H23N5S3/c28-22-26(14-17-8-2-1-3-9-17)20(24-27(22)16-25-12-6-7-13-25)15-29-21-23-18-10-4-5-11-19(18)30-21/h1-5,8-11H,6-7,12-16H2. The van der Waals surface area contributed by atoms with E-state index in [9.17, 15) is 0 Å². The Morgan fingerprint density at radius 2 is 1.77 bits per heavy atom. The van der Waals surface area contributed by atoms with Gasteiger partial charge in [0.25, 0.3) is 0 Å². The molecule has 0 bridgehead atoms. The molecule has 8 heteroatoms. The van der Waals surface area contributed by atoms with Crippen LogP contribution in [0.5, 0.6) is 0 Å². The van der Waals surface area contributed by atoms with Gasteiger partial charge < -0.3 is 0 Å². The number of nitrogens with zero attached hydrogens (tertiary/aromatic N) is 5. The third-order valence-electron chi connectivity index (χ3n) is 5.31. The first-order chi connectivity index (χ1) is 14.8. The van der Waals surface area contributed by atoms with Crippen molar-refractivity contribution in [3.05, 3.63) is 70.8 Å². The minimum Gasteiger partial charge on any atom is -0.299 e. The number of hydrogen-bond donors (Lipinski definition) is 0. The van der Waals surface area contributed by atoms with Crippen LogP contribution in [0.3, 0.4) is 0 Å². The number of thioether (sulfide) groups is 1. The number of aromatic nitrogens is 4. The fourth-order valence-electron chi connectivity index (χ4n) is 3.76. The Balaban J connectivity index is 1.41. The molecule has 154 valence electrons. The molecule has 0 spiro atoms. The smallest absolute Gasteiger partial charge is 0.199 e. The molecule has 2 aromatic heterocycles. The maximum Gasteiger partial charge on any atom is 0.199 e. The fraction of sp³-hybridized carbons (Fsp3) is 0.318. The number of fused-ring (bicyclic) bond motifs is 1. The Kier molecular flexibility index (Phi) is 5.99. The normalized spacial score (nSPS) is 14.7. The molecule has 1 aliphatic rings. The molecule has 0 amide bonds. The van der Waals surface area contributed by atoms with E-state index in [1.807, 2.05) is 16.8 Å². The molecule has 4 aromatic rings. The van der Waals surface area contributed by atoms with Gasteiger partial charge in [0.2, 0.25) is 0 Å². The molecule has 5 rings (SSSR count). The molecule has 0 unspecified atom stereocenters. The highest BCUT2D eigenvalue weighted by Gasteiger charge is 2.17. The second-order valence-electron chi connectivity index (χ2n) is 7.47. The summed E-state index contributed by atoms with van der Waals surface area (Å²) < 4.78 is 7.27. The lowest BCUT2D eigenvalue weighted by Crippen LogP contribution is -2.23. The second-order valence-corrected chi connectivity index (χ2v) is 10.1. The van der Waals surface area contributed by atoms with Crippen molar-refractivity contribution in [3.63, 3.8) is 0 Å². The number of hydrogen-bond acceptors (Lipinski definition) is 6. The maximum absolute atomic E-state index is 5.84. The van der Waals surface area contributed by atoms with E-state index in [1.54, 1.807) is 23.1 Å². The van der Waals surface area contributed by atoms with Crippen LogP contribution < -0.4 is 0 Å². The van der Waals surface area contributed by atoms with Gasteiger partial charge in [0.15, 0.2) is 9.11 Å². The lowest BCUT2D eigenvalue weighted by molar-refractivity contribution is 0.252. The van der Waals surface area contributed by atoms with Crippen LogP contribution in [0.2, 0.25) is 0 Å². The molecule has 0 radical (unpaired) electrons. The Labute approximate surface area is 189 Å². The van der Waals surface area contributed by atoms with E-state index in [-0.39, 0.29) is 0 Å². The van der Waals surface area contributed by atoms with E-state index in [2.05, 4.69) is 51.9 Å². The van der Waals surface area contributed by atoms with Crippen molar-refractivity contribution in [3.8, 4) is 0 Å².